The Hall–Kier alpha value is 0.310. The Bertz CT molecular complexity index is 62.8. The average molecular weight is 174 g/mol. The van der Waals surface area contributed by atoms with E-state index < -0.39 is 8.25 Å². The van der Waals surface area contributed by atoms with Crippen molar-refractivity contribution in [2.45, 2.75) is 6.92 Å². The normalized spacial score (nSPS) is 7.56. The van der Waals surface area contributed by atoms with Gasteiger partial charge in [-0.1, -0.05) is 6.92 Å². The van der Waals surface area contributed by atoms with Gasteiger partial charge in [-0.2, -0.15) is 0 Å². The van der Waals surface area contributed by atoms with E-state index in [0.29, 0.717) is 0 Å². The van der Waals surface area contributed by atoms with Gasteiger partial charge in [-0.05, 0) is 0 Å². The van der Waals surface area contributed by atoms with Gasteiger partial charge in [0, 0.05) is 10.4 Å². The zero-order valence-corrected chi connectivity index (χ0v) is 7.41. The van der Waals surface area contributed by atoms with Crippen molar-refractivity contribution < 1.29 is 13.6 Å². The first-order valence-electron chi connectivity index (χ1n) is 2.34. The van der Waals surface area contributed by atoms with Gasteiger partial charge in [0.25, 0.3) is 0 Å². The highest BCUT2D eigenvalue weighted by Crippen LogP contribution is 2.18. The number of hydrogen-bond donors (Lipinski definition) is 0. The molecule has 0 radical (unpaired) electrons. The van der Waals surface area contributed by atoms with Crippen LogP contribution in [-0.2, 0) is 13.6 Å². The molecule has 0 aromatic rings. The van der Waals surface area contributed by atoms with Crippen molar-refractivity contribution in [3.63, 3.8) is 0 Å². The molecule has 0 aliphatic heterocycles. The van der Waals surface area contributed by atoms with Gasteiger partial charge in [-0.25, -0.2) is 0 Å². The summed E-state index contributed by atoms with van der Waals surface area (Å²) in [6, 6.07) is 0. The fraction of sp³-hybridized carbons (Fsp3) is 1.00. The topological polar surface area (TPSA) is 35.5 Å². The molecule has 0 heterocycles. The van der Waals surface area contributed by atoms with Crippen molar-refractivity contribution in [3.05, 3.63) is 0 Å². The van der Waals surface area contributed by atoms with E-state index in [9.17, 15) is 4.57 Å². The molecule has 0 aliphatic rings. The van der Waals surface area contributed by atoms with Gasteiger partial charge in [0.15, 0.2) is 0 Å². The van der Waals surface area contributed by atoms with E-state index in [1.54, 1.807) is 0 Å². The molecule has 0 atom stereocenters. The summed E-state index contributed by atoms with van der Waals surface area (Å²) in [6.45, 7) is 1.89. The van der Waals surface area contributed by atoms with Crippen molar-refractivity contribution in [3.8, 4) is 0 Å². The lowest BCUT2D eigenvalue weighted by molar-refractivity contribution is 0.302. The molecule has 0 aliphatic carbocycles. The summed E-state index contributed by atoms with van der Waals surface area (Å²) in [6.07, 6.45) is 0. The number of hydrogen-bond acceptors (Lipinski definition) is 3. The monoisotopic (exact) mass is 173 g/mol. The van der Waals surface area contributed by atoms with Gasteiger partial charge >= 0.3 is 8.25 Å². The summed E-state index contributed by atoms with van der Waals surface area (Å²) in [5.74, 6) is 0.722. The van der Waals surface area contributed by atoms with Gasteiger partial charge in [-0.15, -0.1) is 20.6 Å². The molecule has 0 saturated heterocycles. The molecule has 0 fully saturated rings. The average Bonchev–Trinajstić information content (AvgIpc) is 1.88. The van der Waals surface area contributed by atoms with Crippen LogP contribution in [0.1, 0.15) is 6.92 Å². The van der Waals surface area contributed by atoms with Crippen LogP contribution >= 0.6 is 19.9 Å². The summed E-state index contributed by atoms with van der Waals surface area (Å²) in [5, 5.41) is 0. The van der Waals surface area contributed by atoms with Crippen LogP contribution in [0.25, 0.3) is 0 Å². The fourth-order valence-corrected chi connectivity index (χ4v) is 0.224. The smallest absolute Gasteiger partial charge is 0.127 e. The van der Waals surface area contributed by atoms with E-state index in [1.165, 1.54) is 14.2 Å². The maximum absolute atomic E-state index is 9.88. The first-order valence-corrected chi connectivity index (χ1v) is 3.97. The molecule has 0 rings (SSSR count). The largest absolute Gasteiger partial charge is 0.696 e. The first-order chi connectivity index (χ1) is 4.22. The molecule has 56 valence electrons. The maximum atomic E-state index is 9.88. The summed E-state index contributed by atoms with van der Waals surface area (Å²) in [4.78, 5) is 0. The van der Waals surface area contributed by atoms with Gasteiger partial charge in [-0.3, -0.25) is 0 Å². The second kappa shape index (κ2) is 11.2. The minimum Gasteiger partial charge on any atom is -0.127 e. The molecule has 0 unspecified atom stereocenters. The van der Waals surface area contributed by atoms with Gasteiger partial charge < -0.3 is 0 Å². The molecular formula is C4H11ClO3P+. The van der Waals surface area contributed by atoms with E-state index in [-0.39, 0.29) is 0 Å². The third-order valence-corrected chi connectivity index (χ3v) is 0.894. The van der Waals surface area contributed by atoms with Crippen LogP contribution < -0.4 is 0 Å². The molecule has 0 amide bonds. The number of rotatable bonds is 2. The Morgan fingerprint density at radius 2 is 1.67 bits per heavy atom. The highest BCUT2D eigenvalue weighted by atomic mass is 35.5. The molecule has 0 spiro atoms. The van der Waals surface area contributed by atoms with Crippen molar-refractivity contribution in [1.29, 1.82) is 0 Å². The fourth-order valence-electron chi connectivity index (χ4n) is 0.0745. The summed E-state index contributed by atoms with van der Waals surface area (Å²) >= 11 is 5.00. The summed E-state index contributed by atoms with van der Waals surface area (Å²) < 4.78 is 18.3. The Morgan fingerprint density at radius 3 is 1.67 bits per heavy atom. The Kier molecular flexibility index (Phi) is 14.9. The van der Waals surface area contributed by atoms with Gasteiger partial charge in [0.1, 0.15) is 0 Å². The van der Waals surface area contributed by atoms with E-state index in [1.807, 2.05) is 6.92 Å². The predicted molar refractivity (Wildman–Crippen MR) is 38.0 cm³/mol. The number of halogens is 1. The Morgan fingerprint density at radius 1 is 1.44 bits per heavy atom. The first kappa shape index (κ1) is 12.0. The minimum atomic E-state index is -1.83. The standard InChI is InChI=1S/C2H5Cl.C2H6O3P/c1-2-3;1-4-6(3)5-2/h2H2,1H3;1-2H3/q;+1. The molecular weight excluding hydrogens is 162 g/mol. The van der Waals surface area contributed by atoms with Crippen molar-refractivity contribution in [2.75, 3.05) is 20.1 Å². The summed E-state index contributed by atoms with van der Waals surface area (Å²) in [7, 11) is 0.817. The molecule has 0 aromatic heterocycles. The van der Waals surface area contributed by atoms with Crippen LogP contribution in [0.3, 0.4) is 0 Å². The van der Waals surface area contributed by atoms with Crippen molar-refractivity contribution in [2.24, 2.45) is 0 Å². The SMILES string of the molecule is CCCl.CO[P+](=O)OC. The lowest BCUT2D eigenvalue weighted by Crippen LogP contribution is -1.66. The van der Waals surface area contributed by atoms with Crippen LogP contribution in [0.5, 0.6) is 0 Å². The van der Waals surface area contributed by atoms with E-state index in [0.717, 1.165) is 5.88 Å². The van der Waals surface area contributed by atoms with E-state index >= 15 is 0 Å². The molecule has 9 heavy (non-hydrogen) atoms. The second-order valence-electron chi connectivity index (χ2n) is 0.856. The van der Waals surface area contributed by atoms with Crippen LogP contribution in [0, 0.1) is 0 Å². The quantitative estimate of drug-likeness (QED) is 0.474. The van der Waals surface area contributed by atoms with E-state index in [2.05, 4.69) is 9.05 Å². The lowest BCUT2D eigenvalue weighted by Gasteiger charge is -1.66. The van der Waals surface area contributed by atoms with Crippen LogP contribution in [0.2, 0.25) is 0 Å². The van der Waals surface area contributed by atoms with Crippen LogP contribution in [0.15, 0.2) is 0 Å². The third-order valence-electron chi connectivity index (χ3n) is 0.298. The van der Waals surface area contributed by atoms with Gasteiger partial charge in [0.05, 0.1) is 14.2 Å². The molecule has 0 saturated carbocycles. The highest BCUT2D eigenvalue weighted by molar-refractivity contribution is 7.33. The number of alkyl halides is 1. The van der Waals surface area contributed by atoms with Crippen molar-refractivity contribution in [1.82, 2.24) is 0 Å². The third kappa shape index (κ3) is 17.8. The van der Waals surface area contributed by atoms with Gasteiger partial charge in [0.2, 0.25) is 0 Å². The molecule has 0 aromatic carbocycles. The molecule has 0 bridgehead atoms. The van der Waals surface area contributed by atoms with Crippen LogP contribution in [-0.4, -0.2) is 20.1 Å². The molecule has 5 heteroatoms. The van der Waals surface area contributed by atoms with Crippen molar-refractivity contribution >= 4 is 19.9 Å². The lowest BCUT2D eigenvalue weighted by atomic mass is 11.0. The second-order valence-corrected chi connectivity index (χ2v) is 2.57. The van der Waals surface area contributed by atoms with Crippen LogP contribution in [0.4, 0.5) is 0 Å². The molecule has 0 N–H and O–H groups in total. The summed E-state index contributed by atoms with van der Waals surface area (Å²) in [5.41, 5.74) is 0. The zero-order chi connectivity index (χ0) is 7.70. The Balaban J connectivity index is 0. The Labute approximate surface area is 61.2 Å². The zero-order valence-electron chi connectivity index (χ0n) is 5.76. The predicted octanol–water partition coefficient (Wildman–Crippen LogP) is 2.18. The molecule has 3 nitrogen and oxygen atoms in total. The maximum Gasteiger partial charge on any atom is 0.696 e. The van der Waals surface area contributed by atoms with E-state index in [4.69, 9.17) is 11.6 Å². The highest BCUT2D eigenvalue weighted by Gasteiger charge is 2.10. The minimum absolute atomic E-state index is 0.722.